The van der Waals surface area contributed by atoms with Crippen molar-refractivity contribution in [3.05, 3.63) is 170 Å². The van der Waals surface area contributed by atoms with Gasteiger partial charge in [0.1, 0.15) is 0 Å². The largest absolute Gasteiger partial charge is 0.208 e. The summed E-state index contributed by atoms with van der Waals surface area (Å²) in [5.41, 5.74) is 5.55. The molecule has 254 valence electrons. The van der Waals surface area contributed by atoms with Crippen LogP contribution < -0.4 is 0 Å². The van der Waals surface area contributed by atoms with Gasteiger partial charge in [0.05, 0.1) is 0 Å². The number of nitrogens with zero attached hydrogens (tertiary/aromatic N) is 6. The zero-order valence-corrected chi connectivity index (χ0v) is 30.3. The molecule has 8 heteroatoms. The maximum Gasteiger partial charge on any atom is 0.165 e. The minimum atomic E-state index is 0.595. The molecule has 1 aliphatic heterocycles. The third kappa shape index (κ3) is 6.01. The van der Waals surface area contributed by atoms with Crippen molar-refractivity contribution in [1.29, 1.82) is 0 Å². The standard InChI is InChI=1S/C46H28N6S2/c1-4-15-29(16-5-1)41-47-42(30-17-6-2-7-18-30)49-44(48-41)34-27-28-35(33-22-11-10-21-32(33)34)45-50-43(31-19-8-3-9-20-31)51-46(52-45)36-23-14-26-39-40(36)54-38-25-13-12-24-37(38)53-39/h1-28H. The fourth-order valence-electron chi connectivity index (χ4n) is 6.68. The lowest BCUT2D eigenvalue weighted by Crippen LogP contribution is -2.03. The molecule has 0 aliphatic carbocycles. The van der Waals surface area contributed by atoms with Crippen LogP contribution in [0, 0.1) is 0 Å². The minimum Gasteiger partial charge on any atom is -0.208 e. The summed E-state index contributed by atoms with van der Waals surface area (Å²) in [6.45, 7) is 0. The topological polar surface area (TPSA) is 77.3 Å². The molecule has 0 radical (unpaired) electrons. The van der Waals surface area contributed by atoms with Crippen molar-refractivity contribution >= 4 is 34.3 Å². The maximum absolute atomic E-state index is 5.24. The van der Waals surface area contributed by atoms with Gasteiger partial charge in [0.25, 0.3) is 0 Å². The Kier molecular flexibility index (Phi) is 8.24. The van der Waals surface area contributed by atoms with E-state index >= 15 is 0 Å². The molecule has 0 saturated heterocycles. The summed E-state index contributed by atoms with van der Waals surface area (Å²) >= 11 is 3.55. The molecule has 6 nitrogen and oxygen atoms in total. The lowest BCUT2D eigenvalue weighted by atomic mass is 9.98. The van der Waals surface area contributed by atoms with Crippen molar-refractivity contribution in [3.8, 4) is 68.3 Å². The van der Waals surface area contributed by atoms with Gasteiger partial charge < -0.3 is 0 Å². The van der Waals surface area contributed by atoms with Gasteiger partial charge in [-0.1, -0.05) is 157 Å². The first kappa shape index (κ1) is 32.2. The molecular weight excluding hydrogens is 701 g/mol. The highest BCUT2D eigenvalue weighted by molar-refractivity contribution is 8.05. The molecule has 3 heterocycles. The maximum atomic E-state index is 5.24. The fourth-order valence-corrected chi connectivity index (χ4v) is 9.05. The van der Waals surface area contributed by atoms with Gasteiger partial charge in [-0.15, -0.1) is 0 Å². The Hall–Kier alpha value is -6.48. The highest BCUT2D eigenvalue weighted by Crippen LogP contribution is 2.51. The number of hydrogen-bond acceptors (Lipinski definition) is 8. The normalized spacial score (nSPS) is 11.9. The van der Waals surface area contributed by atoms with Crippen LogP contribution in [0.4, 0.5) is 0 Å². The van der Waals surface area contributed by atoms with Crippen molar-refractivity contribution in [2.24, 2.45) is 0 Å². The van der Waals surface area contributed by atoms with E-state index in [-0.39, 0.29) is 0 Å². The molecule has 2 aromatic heterocycles. The Bertz CT molecular complexity index is 2770. The van der Waals surface area contributed by atoms with Crippen LogP contribution in [-0.2, 0) is 0 Å². The molecule has 0 saturated carbocycles. The summed E-state index contributed by atoms with van der Waals surface area (Å²) in [7, 11) is 0. The summed E-state index contributed by atoms with van der Waals surface area (Å²) in [6.07, 6.45) is 0. The molecule has 0 fully saturated rings. The van der Waals surface area contributed by atoms with Crippen LogP contribution in [0.1, 0.15) is 0 Å². The van der Waals surface area contributed by atoms with Crippen molar-refractivity contribution in [2.45, 2.75) is 19.6 Å². The average Bonchev–Trinajstić information content (AvgIpc) is 3.25. The molecule has 0 atom stereocenters. The molecular formula is C46H28N6S2. The molecule has 0 bridgehead atoms. The molecule has 7 aromatic carbocycles. The smallest absolute Gasteiger partial charge is 0.165 e. The molecule has 0 N–H and O–H groups in total. The first-order valence-corrected chi connectivity index (χ1v) is 19.2. The first-order valence-electron chi connectivity index (χ1n) is 17.5. The Balaban J connectivity index is 1.15. The number of hydrogen-bond donors (Lipinski definition) is 0. The minimum absolute atomic E-state index is 0.595. The highest BCUT2D eigenvalue weighted by atomic mass is 32.2. The van der Waals surface area contributed by atoms with Crippen LogP contribution in [0.2, 0.25) is 0 Å². The van der Waals surface area contributed by atoms with Crippen molar-refractivity contribution in [1.82, 2.24) is 29.9 Å². The van der Waals surface area contributed by atoms with E-state index < -0.39 is 0 Å². The van der Waals surface area contributed by atoms with Crippen LogP contribution >= 0.6 is 23.5 Å². The van der Waals surface area contributed by atoms with Gasteiger partial charge >= 0.3 is 0 Å². The van der Waals surface area contributed by atoms with Crippen LogP contribution in [0.25, 0.3) is 79.1 Å². The van der Waals surface area contributed by atoms with Crippen molar-refractivity contribution in [3.63, 3.8) is 0 Å². The summed E-state index contributed by atoms with van der Waals surface area (Å²) in [5, 5.41) is 1.98. The van der Waals surface area contributed by atoms with E-state index in [2.05, 4.69) is 66.7 Å². The third-order valence-corrected chi connectivity index (χ3v) is 11.9. The van der Waals surface area contributed by atoms with Crippen LogP contribution in [0.3, 0.4) is 0 Å². The Morgan fingerprint density at radius 3 is 1.13 bits per heavy atom. The van der Waals surface area contributed by atoms with E-state index in [9.17, 15) is 0 Å². The van der Waals surface area contributed by atoms with Gasteiger partial charge in [0.15, 0.2) is 34.9 Å². The van der Waals surface area contributed by atoms with Crippen LogP contribution in [0.5, 0.6) is 0 Å². The van der Waals surface area contributed by atoms with E-state index in [1.165, 1.54) is 14.7 Å². The first-order chi connectivity index (χ1) is 26.7. The predicted octanol–water partition coefficient (Wildman–Crippen LogP) is 11.8. The van der Waals surface area contributed by atoms with Crippen LogP contribution in [-0.4, -0.2) is 29.9 Å². The third-order valence-electron chi connectivity index (χ3n) is 9.27. The Labute approximate surface area is 320 Å². The van der Waals surface area contributed by atoms with Crippen molar-refractivity contribution < 1.29 is 0 Å². The van der Waals surface area contributed by atoms with Gasteiger partial charge in [0, 0.05) is 53.0 Å². The van der Waals surface area contributed by atoms with Gasteiger partial charge in [-0.2, -0.15) is 0 Å². The molecule has 1 aliphatic rings. The van der Waals surface area contributed by atoms with E-state index in [0.29, 0.717) is 34.9 Å². The second kappa shape index (κ2) is 13.8. The van der Waals surface area contributed by atoms with Crippen molar-refractivity contribution in [2.75, 3.05) is 0 Å². The average molecular weight is 729 g/mol. The summed E-state index contributed by atoms with van der Waals surface area (Å²) in [6, 6.07) is 57.6. The second-order valence-electron chi connectivity index (χ2n) is 12.7. The van der Waals surface area contributed by atoms with Gasteiger partial charge in [0.2, 0.25) is 0 Å². The van der Waals surface area contributed by atoms with Gasteiger partial charge in [-0.25, -0.2) is 29.9 Å². The fraction of sp³-hybridized carbons (Fsp3) is 0. The van der Waals surface area contributed by atoms with E-state index in [1.807, 2.05) is 103 Å². The van der Waals surface area contributed by atoms with Gasteiger partial charge in [-0.3, -0.25) is 0 Å². The molecule has 0 unspecified atom stereocenters. The number of rotatable bonds is 6. The van der Waals surface area contributed by atoms with E-state index in [1.54, 1.807) is 23.5 Å². The molecule has 54 heavy (non-hydrogen) atoms. The van der Waals surface area contributed by atoms with Crippen LogP contribution in [0.15, 0.2) is 189 Å². The van der Waals surface area contributed by atoms with E-state index in [4.69, 9.17) is 29.9 Å². The lowest BCUT2D eigenvalue weighted by Gasteiger charge is -2.20. The number of aromatic nitrogens is 6. The Morgan fingerprint density at radius 2 is 0.630 bits per heavy atom. The quantitative estimate of drug-likeness (QED) is 0.167. The summed E-state index contributed by atoms with van der Waals surface area (Å²) in [5.74, 6) is 3.68. The zero-order chi connectivity index (χ0) is 35.8. The monoisotopic (exact) mass is 728 g/mol. The zero-order valence-electron chi connectivity index (χ0n) is 28.7. The SMILES string of the molecule is c1ccc(-c2nc(-c3ccccc3)nc(-c3ccc(-c4nc(-c5ccccc5)nc(-c5cccc6c5Sc5ccccc5S6)n4)c4ccccc34)n2)cc1. The number of benzene rings is 7. The summed E-state index contributed by atoms with van der Waals surface area (Å²) in [4.78, 5) is 35.3. The number of fused-ring (bicyclic) bond motifs is 3. The highest BCUT2D eigenvalue weighted by Gasteiger charge is 2.24. The predicted molar refractivity (Wildman–Crippen MR) is 218 cm³/mol. The lowest BCUT2D eigenvalue weighted by molar-refractivity contribution is 1.06. The van der Waals surface area contributed by atoms with E-state index in [0.717, 1.165) is 49.0 Å². The molecule has 0 spiro atoms. The second-order valence-corrected chi connectivity index (χ2v) is 14.8. The molecule has 9 aromatic rings. The molecule has 10 rings (SSSR count). The summed E-state index contributed by atoms with van der Waals surface area (Å²) < 4.78 is 0. The molecule has 0 amide bonds. The van der Waals surface area contributed by atoms with Gasteiger partial charge in [-0.05, 0) is 47.2 Å². The Morgan fingerprint density at radius 1 is 0.259 bits per heavy atom.